The molecule has 2 heterocycles. The Labute approximate surface area is 121 Å². The summed E-state index contributed by atoms with van der Waals surface area (Å²) in [6.45, 7) is 0.531. The fourth-order valence-electron chi connectivity index (χ4n) is 1.83. The Balaban J connectivity index is 1.76. The topological polar surface area (TPSA) is 55.6 Å². The van der Waals surface area contributed by atoms with E-state index >= 15 is 0 Å². The SMILES string of the molecule is Clc1ccc(NCc2nncn2-c2ccccc2)nc1. The molecular weight excluding hydrogens is 274 g/mol. The maximum Gasteiger partial charge on any atom is 0.156 e. The van der Waals surface area contributed by atoms with Gasteiger partial charge in [-0.2, -0.15) is 0 Å². The molecule has 0 atom stereocenters. The normalized spacial score (nSPS) is 10.4. The number of hydrogen-bond acceptors (Lipinski definition) is 4. The molecule has 0 amide bonds. The summed E-state index contributed by atoms with van der Waals surface area (Å²) in [4.78, 5) is 4.18. The van der Waals surface area contributed by atoms with Gasteiger partial charge in [0, 0.05) is 11.9 Å². The number of rotatable bonds is 4. The van der Waals surface area contributed by atoms with Crippen LogP contribution in [-0.2, 0) is 6.54 Å². The Hall–Kier alpha value is -2.40. The monoisotopic (exact) mass is 285 g/mol. The first-order valence-corrected chi connectivity index (χ1v) is 6.50. The van der Waals surface area contributed by atoms with Crippen LogP contribution in [0.5, 0.6) is 0 Å². The van der Waals surface area contributed by atoms with E-state index in [1.54, 1.807) is 18.6 Å². The maximum absolute atomic E-state index is 5.80. The first-order chi connectivity index (χ1) is 9.83. The molecule has 100 valence electrons. The van der Waals surface area contributed by atoms with Crippen LogP contribution in [0.2, 0.25) is 5.02 Å². The van der Waals surface area contributed by atoms with Crippen LogP contribution in [0.25, 0.3) is 5.69 Å². The number of para-hydroxylation sites is 1. The summed E-state index contributed by atoms with van der Waals surface area (Å²) < 4.78 is 1.93. The fraction of sp³-hybridized carbons (Fsp3) is 0.0714. The van der Waals surface area contributed by atoms with E-state index in [2.05, 4.69) is 20.5 Å². The number of benzene rings is 1. The standard InChI is InChI=1S/C14H12ClN5/c15-11-6-7-13(16-8-11)17-9-14-19-18-10-20(14)12-4-2-1-3-5-12/h1-8,10H,9H2,(H,16,17). The Morgan fingerprint density at radius 2 is 1.95 bits per heavy atom. The van der Waals surface area contributed by atoms with Crippen LogP contribution >= 0.6 is 11.6 Å². The van der Waals surface area contributed by atoms with Crippen molar-refractivity contribution in [2.24, 2.45) is 0 Å². The molecular formula is C14H12ClN5. The molecule has 0 fully saturated rings. The fourth-order valence-corrected chi connectivity index (χ4v) is 1.95. The van der Waals surface area contributed by atoms with Crippen molar-refractivity contribution in [2.45, 2.75) is 6.54 Å². The Kier molecular flexibility index (Phi) is 3.60. The molecule has 0 radical (unpaired) electrons. The largest absolute Gasteiger partial charge is 0.363 e. The van der Waals surface area contributed by atoms with Crippen molar-refractivity contribution in [3.8, 4) is 5.69 Å². The van der Waals surface area contributed by atoms with E-state index in [9.17, 15) is 0 Å². The zero-order valence-corrected chi connectivity index (χ0v) is 11.3. The molecule has 0 aliphatic heterocycles. The van der Waals surface area contributed by atoms with Crippen molar-refractivity contribution in [1.29, 1.82) is 0 Å². The summed E-state index contributed by atoms with van der Waals surface area (Å²) in [5.74, 6) is 1.56. The van der Waals surface area contributed by atoms with Crippen LogP contribution in [0.3, 0.4) is 0 Å². The van der Waals surface area contributed by atoms with Gasteiger partial charge in [0.05, 0.1) is 11.6 Å². The van der Waals surface area contributed by atoms with Crippen molar-refractivity contribution < 1.29 is 0 Å². The third kappa shape index (κ3) is 2.78. The van der Waals surface area contributed by atoms with Crippen LogP contribution in [0.1, 0.15) is 5.82 Å². The minimum Gasteiger partial charge on any atom is -0.363 e. The highest BCUT2D eigenvalue weighted by Gasteiger charge is 2.06. The Morgan fingerprint density at radius 1 is 1.10 bits per heavy atom. The van der Waals surface area contributed by atoms with Crippen molar-refractivity contribution in [2.75, 3.05) is 5.32 Å². The van der Waals surface area contributed by atoms with Gasteiger partial charge < -0.3 is 5.32 Å². The molecule has 5 nitrogen and oxygen atoms in total. The minimum atomic E-state index is 0.531. The number of nitrogens with one attached hydrogen (secondary N) is 1. The van der Waals surface area contributed by atoms with E-state index in [0.29, 0.717) is 11.6 Å². The molecule has 0 aliphatic rings. The van der Waals surface area contributed by atoms with Gasteiger partial charge in [-0.05, 0) is 24.3 Å². The molecule has 3 aromatic rings. The van der Waals surface area contributed by atoms with Crippen LogP contribution < -0.4 is 5.32 Å². The second kappa shape index (κ2) is 5.71. The van der Waals surface area contributed by atoms with Gasteiger partial charge in [-0.25, -0.2) is 4.98 Å². The summed E-state index contributed by atoms with van der Waals surface area (Å²) in [5.41, 5.74) is 1.03. The summed E-state index contributed by atoms with van der Waals surface area (Å²) in [6, 6.07) is 13.6. The van der Waals surface area contributed by atoms with E-state index in [-0.39, 0.29) is 0 Å². The summed E-state index contributed by atoms with van der Waals surface area (Å²) in [5, 5.41) is 11.9. The second-order valence-corrected chi connectivity index (χ2v) is 4.60. The number of hydrogen-bond donors (Lipinski definition) is 1. The van der Waals surface area contributed by atoms with Gasteiger partial charge in [0.1, 0.15) is 12.1 Å². The molecule has 0 aliphatic carbocycles. The number of aromatic nitrogens is 4. The van der Waals surface area contributed by atoms with E-state index < -0.39 is 0 Å². The summed E-state index contributed by atoms with van der Waals surface area (Å²) in [7, 11) is 0. The van der Waals surface area contributed by atoms with Crippen LogP contribution in [0.4, 0.5) is 5.82 Å². The van der Waals surface area contributed by atoms with Crippen molar-refractivity contribution in [3.05, 3.63) is 65.8 Å². The minimum absolute atomic E-state index is 0.531. The van der Waals surface area contributed by atoms with Crippen LogP contribution in [0, 0.1) is 0 Å². The highest BCUT2D eigenvalue weighted by Crippen LogP contribution is 2.12. The first-order valence-electron chi connectivity index (χ1n) is 6.13. The average Bonchev–Trinajstić information content (AvgIpc) is 2.96. The molecule has 0 spiro atoms. The van der Waals surface area contributed by atoms with Gasteiger partial charge in [-0.3, -0.25) is 4.57 Å². The molecule has 20 heavy (non-hydrogen) atoms. The number of halogens is 1. The molecule has 0 saturated heterocycles. The van der Waals surface area contributed by atoms with Gasteiger partial charge in [0.25, 0.3) is 0 Å². The quantitative estimate of drug-likeness (QED) is 0.801. The highest BCUT2D eigenvalue weighted by molar-refractivity contribution is 6.30. The van der Waals surface area contributed by atoms with Gasteiger partial charge in [0.2, 0.25) is 0 Å². The lowest BCUT2D eigenvalue weighted by molar-refractivity contribution is 0.886. The van der Waals surface area contributed by atoms with Gasteiger partial charge in [-0.1, -0.05) is 29.8 Å². The lowest BCUT2D eigenvalue weighted by Gasteiger charge is -2.08. The average molecular weight is 286 g/mol. The van der Waals surface area contributed by atoms with E-state index in [1.807, 2.05) is 41.0 Å². The maximum atomic E-state index is 5.80. The van der Waals surface area contributed by atoms with Gasteiger partial charge in [0.15, 0.2) is 5.82 Å². The number of nitrogens with zero attached hydrogens (tertiary/aromatic N) is 4. The molecule has 3 rings (SSSR count). The molecule has 0 saturated carbocycles. The highest BCUT2D eigenvalue weighted by atomic mass is 35.5. The first kappa shape index (κ1) is 12.6. The van der Waals surface area contributed by atoms with Gasteiger partial charge >= 0.3 is 0 Å². The summed E-state index contributed by atoms with van der Waals surface area (Å²) >= 11 is 5.80. The van der Waals surface area contributed by atoms with Crippen molar-refractivity contribution >= 4 is 17.4 Å². The molecule has 1 N–H and O–H groups in total. The van der Waals surface area contributed by atoms with E-state index in [0.717, 1.165) is 17.3 Å². The Bertz CT molecular complexity index is 678. The Morgan fingerprint density at radius 3 is 2.70 bits per heavy atom. The third-order valence-corrected chi connectivity index (χ3v) is 3.03. The smallest absolute Gasteiger partial charge is 0.156 e. The zero-order valence-electron chi connectivity index (χ0n) is 10.6. The van der Waals surface area contributed by atoms with Crippen LogP contribution in [-0.4, -0.2) is 19.7 Å². The van der Waals surface area contributed by atoms with Crippen LogP contribution in [0.15, 0.2) is 55.0 Å². The zero-order chi connectivity index (χ0) is 13.8. The molecule has 6 heteroatoms. The molecule has 2 aromatic heterocycles. The van der Waals surface area contributed by atoms with Crippen molar-refractivity contribution in [3.63, 3.8) is 0 Å². The number of anilines is 1. The lowest BCUT2D eigenvalue weighted by Crippen LogP contribution is -2.07. The predicted molar refractivity (Wildman–Crippen MR) is 77.9 cm³/mol. The summed E-state index contributed by atoms with van der Waals surface area (Å²) in [6.07, 6.45) is 3.30. The number of pyridine rings is 1. The third-order valence-electron chi connectivity index (χ3n) is 2.81. The lowest BCUT2D eigenvalue weighted by atomic mass is 10.3. The van der Waals surface area contributed by atoms with E-state index in [1.165, 1.54) is 0 Å². The molecule has 0 unspecified atom stereocenters. The van der Waals surface area contributed by atoms with Crippen molar-refractivity contribution in [1.82, 2.24) is 19.7 Å². The second-order valence-electron chi connectivity index (χ2n) is 4.17. The van der Waals surface area contributed by atoms with Gasteiger partial charge in [-0.15, -0.1) is 10.2 Å². The predicted octanol–water partition coefficient (Wildman–Crippen LogP) is 2.93. The molecule has 0 bridgehead atoms. The molecule has 1 aromatic carbocycles. The van der Waals surface area contributed by atoms with E-state index in [4.69, 9.17) is 11.6 Å².